The predicted molar refractivity (Wildman–Crippen MR) is 101 cm³/mol. The number of hydrogen-bond acceptors (Lipinski definition) is 5. The number of benzene rings is 1. The van der Waals surface area contributed by atoms with Gasteiger partial charge < -0.3 is 5.73 Å². The molecule has 0 saturated heterocycles. The lowest BCUT2D eigenvalue weighted by Gasteiger charge is -2.20. The minimum absolute atomic E-state index is 0. The van der Waals surface area contributed by atoms with Crippen LogP contribution in [-0.4, -0.2) is 50.0 Å². The fourth-order valence-electron chi connectivity index (χ4n) is 3.62. The Kier molecular flexibility index (Phi) is 6.79. The Hall–Kier alpha value is -1.48. The lowest BCUT2D eigenvalue weighted by atomic mass is 10.1. The quantitative estimate of drug-likeness (QED) is 0.666. The second-order valence-corrected chi connectivity index (χ2v) is 8.50. The maximum atomic E-state index is 12.3. The molecule has 9 heteroatoms. The first kappa shape index (κ1) is 20.8. The van der Waals surface area contributed by atoms with Crippen molar-refractivity contribution in [3.8, 4) is 0 Å². The lowest BCUT2D eigenvalue weighted by Crippen LogP contribution is -2.41. The summed E-state index contributed by atoms with van der Waals surface area (Å²) in [7, 11) is -3.46. The van der Waals surface area contributed by atoms with Gasteiger partial charge in [-0.25, -0.2) is 13.1 Å². The molecule has 2 amide bonds. The highest BCUT2D eigenvalue weighted by atomic mass is 35.5. The maximum absolute atomic E-state index is 12.3. The third-order valence-corrected chi connectivity index (χ3v) is 6.45. The summed E-state index contributed by atoms with van der Waals surface area (Å²) in [6, 6.07) is 6.53. The number of rotatable bonds is 7. The number of sulfonamides is 1. The molecule has 26 heavy (non-hydrogen) atoms. The van der Waals surface area contributed by atoms with Gasteiger partial charge in [0.15, 0.2) is 0 Å². The van der Waals surface area contributed by atoms with Gasteiger partial charge in [-0.1, -0.05) is 18.6 Å². The van der Waals surface area contributed by atoms with Gasteiger partial charge in [-0.3, -0.25) is 14.5 Å². The van der Waals surface area contributed by atoms with Gasteiger partial charge in [0.2, 0.25) is 10.0 Å². The predicted octanol–water partition coefficient (Wildman–Crippen LogP) is 1.14. The molecule has 1 fully saturated rings. The van der Waals surface area contributed by atoms with Crippen molar-refractivity contribution in [2.75, 3.05) is 18.8 Å². The van der Waals surface area contributed by atoms with E-state index in [2.05, 4.69) is 4.72 Å². The zero-order chi connectivity index (χ0) is 18.0. The highest BCUT2D eigenvalue weighted by molar-refractivity contribution is 7.89. The molecule has 1 aromatic rings. The number of nitrogens with two attached hydrogens (primary N) is 1. The van der Waals surface area contributed by atoms with Crippen molar-refractivity contribution < 1.29 is 18.0 Å². The van der Waals surface area contributed by atoms with Crippen LogP contribution in [0.2, 0.25) is 0 Å². The number of nitrogens with zero attached hydrogens (tertiary/aromatic N) is 1. The van der Waals surface area contributed by atoms with Crippen molar-refractivity contribution in [3.05, 3.63) is 35.4 Å². The Morgan fingerprint density at radius 2 is 1.73 bits per heavy atom. The number of nitrogens with one attached hydrogen (secondary N) is 1. The van der Waals surface area contributed by atoms with Gasteiger partial charge in [0.05, 0.1) is 16.9 Å². The highest BCUT2D eigenvalue weighted by Gasteiger charge is 2.35. The normalized spacial score (nSPS) is 22.4. The number of carbonyl (C=O) groups is 2. The topological polar surface area (TPSA) is 110 Å². The zero-order valence-corrected chi connectivity index (χ0v) is 16.0. The Balaban J connectivity index is 0.00000243. The molecule has 3 rings (SSSR count). The molecule has 0 aromatic heterocycles. The second-order valence-electron chi connectivity index (χ2n) is 6.63. The Morgan fingerprint density at radius 3 is 2.31 bits per heavy atom. The average Bonchev–Trinajstić information content (AvgIpc) is 3.12. The van der Waals surface area contributed by atoms with Gasteiger partial charge in [-0.2, -0.15) is 0 Å². The number of fused-ring (bicyclic) bond motifs is 1. The zero-order valence-electron chi connectivity index (χ0n) is 14.4. The van der Waals surface area contributed by atoms with E-state index in [0.717, 1.165) is 24.2 Å². The van der Waals surface area contributed by atoms with E-state index in [1.807, 2.05) is 0 Å². The second kappa shape index (κ2) is 8.47. The van der Waals surface area contributed by atoms with E-state index < -0.39 is 10.0 Å². The van der Waals surface area contributed by atoms with Crippen molar-refractivity contribution >= 4 is 34.2 Å². The summed E-state index contributed by atoms with van der Waals surface area (Å²) in [5.74, 6) is -0.644. The molecule has 2 aliphatic rings. The first-order valence-electron chi connectivity index (χ1n) is 8.58. The van der Waals surface area contributed by atoms with Crippen LogP contribution < -0.4 is 10.5 Å². The molecule has 0 bridgehead atoms. The lowest BCUT2D eigenvalue weighted by molar-refractivity contribution is 0.0654. The molecule has 2 unspecified atom stereocenters. The van der Waals surface area contributed by atoms with Crippen molar-refractivity contribution in [2.24, 2.45) is 11.7 Å². The minimum atomic E-state index is -3.46. The summed E-state index contributed by atoms with van der Waals surface area (Å²) in [6.07, 6.45) is 2.93. The van der Waals surface area contributed by atoms with E-state index in [4.69, 9.17) is 5.73 Å². The third-order valence-electron chi connectivity index (χ3n) is 4.97. The SMILES string of the molecule is Cl.NCC1CCCC1NS(=O)(=O)CCCN1C(=O)c2ccccc2C1=O. The molecule has 1 aromatic carbocycles. The van der Waals surface area contributed by atoms with Crippen molar-refractivity contribution in [1.82, 2.24) is 9.62 Å². The van der Waals surface area contributed by atoms with E-state index in [-0.39, 0.29) is 54.9 Å². The Labute approximate surface area is 159 Å². The number of imide groups is 1. The summed E-state index contributed by atoms with van der Waals surface area (Å²) in [4.78, 5) is 25.6. The average molecular weight is 402 g/mol. The molecular weight excluding hydrogens is 378 g/mol. The first-order chi connectivity index (χ1) is 11.9. The van der Waals surface area contributed by atoms with Gasteiger partial charge in [-0.15, -0.1) is 12.4 Å². The first-order valence-corrected chi connectivity index (χ1v) is 10.2. The standard InChI is InChI=1S/C17H23N3O4S.ClH/c18-11-12-5-3-8-15(12)19-25(23,24)10-4-9-20-16(21)13-6-1-2-7-14(13)17(20)22;/h1-2,6-7,12,15,19H,3-5,8-11,18H2;1H. The molecular formula is C17H24ClN3O4S. The molecule has 0 radical (unpaired) electrons. The molecule has 1 saturated carbocycles. The van der Waals surface area contributed by atoms with Crippen LogP contribution in [0.3, 0.4) is 0 Å². The molecule has 3 N–H and O–H groups in total. The summed E-state index contributed by atoms with van der Waals surface area (Å²) < 4.78 is 27.3. The summed E-state index contributed by atoms with van der Waals surface area (Å²) in [5.41, 5.74) is 6.44. The van der Waals surface area contributed by atoms with Crippen LogP contribution in [-0.2, 0) is 10.0 Å². The molecule has 7 nitrogen and oxygen atoms in total. The summed E-state index contributed by atoms with van der Waals surface area (Å²) in [5, 5.41) is 0. The van der Waals surface area contributed by atoms with Crippen molar-refractivity contribution in [2.45, 2.75) is 31.7 Å². The molecule has 1 aliphatic heterocycles. The van der Waals surface area contributed by atoms with Gasteiger partial charge in [-0.05, 0) is 43.9 Å². The smallest absolute Gasteiger partial charge is 0.261 e. The fraction of sp³-hybridized carbons (Fsp3) is 0.529. The van der Waals surface area contributed by atoms with Crippen LogP contribution in [0.25, 0.3) is 0 Å². The Morgan fingerprint density at radius 1 is 1.12 bits per heavy atom. The van der Waals surface area contributed by atoms with Gasteiger partial charge >= 0.3 is 0 Å². The monoisotopic (exact) mass is 401 g/mol. The molecule has 144 valence electrons. The third kappa shape index (κ3) is 4.25. The molecule has 0 spiro atoms. The van der Waals surface area contributed by atoms with Crippen LogP contribution in [0, 0.1) is 5.92 Å². The summed E-state index contributed by atoms with van der Waals surface area (Å²) in [6.45, 7) is 0.570. The van der Waals surface area contributed by atoms with Crippen LogP contribution >= 0.6 is 12.4 Å². The van der Waals surface area contributed by atoms with Gasteiger partial charge in [0.1, 0.15) is 0 Å². The van der Waals surface area contributed by atoms with Gasteiger partial charge in [0, 0.05) is 12.6 Å². The van der Waals surface area contributed by atoms with Gasteiger partial charge in [0.25, 0.3) is 11.8 Å². The minimum Gasteiger partial charge on any atom is -0.330 e. The largest absolute Gasteiger partial charge is 0.330 e. The Bertz CT molecular complexity index is 749. The van der Waals surface area contributed by atoms with E-state index in [1.165, 1.54) is 0 Å². The number of hydrogen-bond donors (Lipinski definition) is 2. The number of amides is 2. The van der Waals surface area contributed by atoms with Crippen LogP contribution in [0.5, 0.6) is 0 Å². The van der Waals surface area contributed by atoms with Crippen molar-refractivity contribution in [3.63, 3.8) is 0 Å². The number of carbonyl (C=O) groups excluding carboxylic acids is 2. The van der Waals surface area contributed by atoms with E-state index in [0.29, 0.717) is 17.7 Å². The van der Waals surface area contributed by atoms with E-state index in [1.54, 1.807) is 24.3 Å². The van der Waals surface area contributed by atoms with Crippen LogP contribution in [0.15, 0.2) is 24.3 Å². The van der Waals surface area contributed by atoms with E-state index in [9.17, 15) is 18.0 Å². The molecule has 2 atom stereocenters. The van der Waals surface area contributed by atoms with Crippen LogP contribution in [0.1, 0.15) is 46.4 Å². The summed E-state index contributed by atoms with van der Waals surface area (Å²) >= 11 is 0. The fourth-order valence-corrected chi connectivity index (χ4v) is 5.02. The van der Waals surface area contributed by atoms with E-state index >= 15 is 0 Å². The molecule has 1 heterocycles. The highest BCUT2D eigenvalue weighted by Crippen LogP contribution is 2.25. The van der Waals surface area contributed by atoms with Crippen molar-refractivity contribution in [1.29, 1.82) is 0 Å². The number of halogens is 1. The maximum Gasteiger partial charge on any atom is 0.261 e. The molecule has 1 aliphatic carbocycles. The van der Waals surface area contributed by atoms with Crippen LogP contribution in [0.4, 0.5) is 0 Å².